The lowest BCUT2D eigenvalue weighted by Gasteiger charge is -2.04. The molecule has 4 nitrogen and oxygen atoms in total. The molecule has 18 heavy (non-hydrogen) atoms. The van der Waals surface area contributed by atoms with E-state index in [0.717, 1.165) is 16.8 Å². The molecule has 0 amide bonds. The maximum Gasteiger partial charge on any atom is 0.339 e. The van der Waals surface area contributed by atoms with Crippen molar-refractivity contribution in [2.75, 3.05) is 0 Å². The van der Waals surface area contributed by atoms with Crippen molar-refractivity contribution in [1.29, 1.82) is 0 Å². The molecule has 0 saturated carbocycles. The molecule has 0 unspecified atom stereocenters. The number of hydrogen-bond donors (Lipinski definition) is 1. The van der Waals surface area contributed by atoms with Crippen LogP contribution >= 0.6 is 0 Å². The Balaban J connectivity index is 2.54. The van der Waals surface area contributed by atoms with E-state index < -0.39 is 5.97 Å². The fourth-order valence-electron chi connectivity index (χ4n) is 2.06. The SMILES string of the molecule is CCc1nn(-c2cc(C)cc(C)c2)cc1C(=O)O. The quantitative estimate of drug-likeness (QED) is 0.903. The van der Waals surface area contributed by atoms with Gasteiger partial charge >= 0.3 is 5.97 Å². The Morgan fingerprint density at radius 3 is 2.33 bits per heavy atom. The number of aromatic carboxylic acids is 1. The third kappa shape index (κ3) is 2.27. The first kappa shape index (κ1) is 12.4. The van der Waals surface area contributed by atoms with E-state index >= 15 is 0 Å². The molecule has 0 aliphatic rings. The first-order valence-electron chi connectivity index (χ1n) is 5.91. The third-order valence-corrected chi connectivity index (χ3v) is 2.83. The van der Waals surface area contributed by atoms with E-state index in [-0.39, 0.29) is 5.56 Å². The van der Waals surface area contributed by atoms with Gasteiger partial charge < -0.3 is 5.11 Å². The molecule has 1 N–H and O–H groups in total. The van der Waals surface area contributed by atoms with E-state index in [1.807, 2.05) is 32.9 Å². The van der Waals surface area contributed by atoms with Crippen molar-refractivity contribution in [2.45, 2.75) is 27.2 Å². The minimum atomic E-state index is -0.928. The van der Waals surface area contributed by atoms with Crippen molar-refractivity contribution in [2.24, 2.45) is 0 Å². The first-order valence-corrected chi connectivity index (χ1v) is 5.91. The zero-order valence-electron chi connectivity index (χ0n) is 10.8. The predicted molar refractivity (Wildman–Crippen MR) is 69.4 cm³/mol. The molecule has 0 aliphatic carbocycles. The smallest absolute Gasteiger partial charge is 0.339 e. The number of carboxylic acids is 1. The molecule has 0 atom stereocenters. The second-order valence-electron chi connectivity index (χ2n) is 4.44. The number of nitrogens with zero attached hydrogens (tertiary/aromatic N) is 2. The van der Waals surface area contributed by atoms with Crippen LogP contribution < -0.4 is 0 Å². The average molecular weight is 244 g/mol. The van der Waals surface area contributed by atoms with Crippen LogP contribution in [0.3, 0.4) is 0 Å². The Morgan fingerprint density at radius 1 is 1.28 bits per heavy atom. The van der Waals surface area contributed by atoms with Gasteiger partial charge in [-0.1, -0.05) is 13.0 Å². The maximum absolute atomic E-state index is 11.1. The Hall–Kier alpha value is -2.10. The van der Waals surface area contributed by atoms with Crippen LogP contribution in [0, 0.1) is 13.8 Å². The van der Waals surface area contributed by atoms with Gasteiger partial charge in [0.25, 0.3) is 0 Å². The summed E-state index contributed by atoms with van der Waals surface area (Å²) in [7, 11) is 0. The second-order valence-corrected chi connectivity index (χ2v) is 4.44. The van der Waals surface area contributed by atoms with Crippen molar-refractivity contribution in [1.82, 2.24) is 9.78 Å². The van der Waals surface area contributed by atoms with E-state index in [4.69, 9.17) is 5.11 Å². The highest BCUT2D eigenvalue weighted by atomic mass is 16.4. The van der Waals surface area contributed by atoms with Crippen LogP contribution in [0.2, 0.25) is 0 Å². The molecule has 1 aromatic heterocycles. The lowest BCUT2D eigenvalue weighted by Crippen LogP contribution is -1.98. The number of benzene rings is 1. The molecule has 94 valence electrons. The lowest BCUT2D eigenvalue weighted by molar-refractivity contribution is 0.0695. The van der Waals surface area contributed by atoms with Crippen molar-refractivity contribution >= 4 is 5.97 Å². The molecular formula is C14H16N2O2. The minimum Gasteiger partial charge on any atom is -0.478 e. The van der Waals surface area contributed by atoms with Crippen LogP contribution in [0.15, 0.2) is 24.4 Å². The normalized spacial score (nSPS) is 10.6. The summed E-state index contributed by atoms with van der Waals surface area (Å²) < 4.78 is 1.64. The number of hydrogen-bond acceptors (Lipinski definition) is 2. The summed E-state index contributed by atoms with van der Waals surface area (Å²) in [5.74, 6) is -0.928. The molecule has 0 aliphatic heterocycles. The van der Waals surface area contributed by atoms with E-state index in [1.165, 1.54) is 0 Å². The molecular weight excluding hydrogens is 228 g/mol. The molecule has 0 saturated heterocycles. The van der Waals surface area contributed by atoms with Crippen molar-refractivity contribution in [3.63, 3.8) is 0 Å². The highest BCUT2D eigenvalue weighted by molar-refractivity contribution is 5.88. The summed E-state index contributed by atoms with van der Waals surface area (Å²) in [6.07, 6.45) is 2.19. The van der Waals surface area contributed by atoms with Gasteiger partial charge in [-0.3, -0.25) is 0 Å². The topological polar surface area (TPSA) is 55.1 Å². The van der Waals surface area contributed by atoms with E-state index in [1.54, 1.807) is 10.9 Å². The number of carbonyl (C=O) groups is 1. The summed E-state index contributed by atoms with van der Waals surface area (Å²) in [5.41, 5.74) is 4.05. The van der Waals surface area contributed by atoms with E-state index in [9.17, 15) is 4.79 Å². The van der Waals surface area contributed by atoms with Crippen molar-refractivity contribution in [3.8, 4) is 5.69 Å². The number of rotatable bonds is 3. The average Bonchev–Trinajstić information content (AvgIpc) is 2.71. The third-order valence-electron chi connectivity index (χ3n) is 2.83. The first-order chi connectivity index (χ1) is 8.51. The molecule has 0 fully saturated rings. The summed E-state index contributed by atoms with van der Waals surface area (Å²) in [4.78, 5) is 11.1. The molecule has 1 aromatic carbocycles. The van der Waals surface area contributed by atoms with Crippen LogP contribution in [0.4, 0.5) is 0 Å². The number of aromatic nitrogens is 2. The van der Waals surface area contributed by atoms with Gasteiger partial charge in [-0.15, -0.1) is 0 Å². The van der Waals surface area contributed by atoms with Crippen LogP contribution in [0.5, 0.6) is 0 Å². The van der Waals surface area contributed by atoms with Crippen molar-refractivity contribution < 1.29 is 9.90 Å². The lowest BCUT2D eigenvalue weighted by atomic mass is 10.1. The van der Waals surface area contributed by atoms with Gasteiger partial charge in [0.1, 0.15) is 5.56 Å². The fourth-order valence-corrected chi connectivity index (χ4v) is 2.06. The largest absolute Gasteiger partial charge is 0.478 e. The van der Waals surface area contributed by atoms with Gasteiger partial charge in [-0.05, 0) is 43.5 Å². The van der Waals surface area contributed by atoms with Gasteiger partial charge in [0.2, 0.25) is 0 Å². The Bertz CT molecular complexity index is 580. The zero-order chi connectivity index (χ0) is 13.3. The highest BCUT2D eigenvalue weighted by Crippen LogP contribution is 2.16. The minimum absolute atomic E-state index is 0.275. The molecule has 1 heterocycles. The van der Waals surface area contributed by atoms with Gasteiger partial charge in [0, 0.05) is 6.20 Å². The van der Waals surface area contributed by atoms with Gasteiger partial charge in [-0.25, -0.2) is 9.48 Å². The van der Waals surface area contributed by atoms with Crippen LogP contribution in [-0.2, 0) is 6.42 Å². The van der Waals surface area contributed by atoms with Crippen LogP contribution in [0.1, 0.15) is 34.1 Å². The number of aryl methyl sites for hydroxylation is 3. The number of carboxylic acid groups (broad SMARTS) is 1. The molecule has 0 spiro atoms. The van der Waals surface area contributed by atoms with Crippen molar-refractivity contribution in [3.05, 3.63) is 46.8 Å². The highest BCUT2D eigenvalue weighted by Gasteiger charge is 2.14. The van der Waals surface area contributed by atoms with Crippen LogP contribution in [-0.4, -0.2) is 20.9 Å². The Labute approximate surface area is 106 Å². The molecule has 0 bridgehead atoms. The van der Waals surface area contributed by atoms with E-state index in [2.05, 4.69) is 11.2 Å². The van der Waals surface area contributed by atoms with Crippen LogP contribution in [0.25, 0.3) is 5.69 Å². The van der Waals surface area contributed by atoms with Gasteiger partial charge in [0.05, 0.1) is 11.4 Å². The summed E-state index contributed by atoms with van der Waals surface area (Å²) >= 11 is 0. The fraction of sp³-hybridized carbons (Fsp3) is 0.286. The molecule has 4 heteroatoms. The monoisotopic (exact) mass is 244 g/mol. The summed E-state index contributed by atoms with van der Waals surface area (Å²) in [6.45, 7) is 5.93. The summed E-state index contributed by atoms with van der Waals surface area (Å²) in [5, 5.41) is 13.5. The Kier molecular flexibility index (Phi) is 3.19. The summed E-state index contributed by atoms with van der Waals surface area (Å²) in [6, 6.07) is 6.06. The molecule has 2 rings (SSSR count). The standard InChI is InChI=1S/C14H16N2O2/c1-4-13-12(14(17)18)8-16(15-13)11-6-9(2)5-10(3)7-11/h5-8H,4H2,1-3H3,(H,17,18). The maximum atomic E-state index is 11.1. The zero-order valence-corrected chi connectivity index (χ0v) is 10.8. The Morgan fingerprint density at radius 2 is 1.89 bits per heavy atom. The van der Waals surface area contributed by atoms with Gasteiger partial charge in [-0.2, -0.15) is 5.10 Å². The van der Waals surface area contributed by atoms with E-state index in [0.29, 0.717) is 12.1 Å². The second kappa shape index (κ2) is 4.64. The molecule has 0 radical (unpaired) electrons. The predicted octanol–water partition coefficient (Wildman–Crippen LogP) is 2.75. The van der Waals surface area contributed by atoms with Gasteiger partial charge in [0.15, 0.2) is 0 Å². The molecule has 2 aromatic rings.